The lowest BCUT2D eigenvalue weighted by atomic mass is 9.83. The van der Waals surface area contributed by atoms with Crippen molar-refractivity contribution in [3.8, 4) is 5.75 Å². The zero-order chi connectivity index (χ0) is 17.1. The first-order chi connectivity index (χ1) is 11.6. The molecule has 0 saturated heterocycles. The normalized spacial score (nSPS) is 20.6. The molecule has 2 unspecified atom stereocenters. The number of aromatic nitrogens is 2. The lowest BCUT2D eigenvalue weighted by Crippen LogP contribution is -2.38. The van der Waals surface area contributed by atoms with Crippen molar-refractivity contribution < 1.29 is 9.53 Å². The summed E-state index contributed by atoms with van der Waals surface area (Å²) >= 11 is 3.59. The van der Waals surface area contributed by atoms with Crippen molar-refractivity contribution in [2.75, 3.05) is 7.11 Å². The van der Waals surface area contributed by atoms with Gasteiger partial charge in [0, 0.05) is 30.8 Å². The van der Waals surface area contributed by atoms with E-state index in [-0.39, 0.29) is 11.9 Å². The SMILES string of the molecule is COc1ccc(C(=O)NC2CCCC(c3nn(C)cc3Br)C2)cc1. The highest BCUT2D eigenvalue weighted by Crippen LogP contribution is 2.35. The molecular weight excluding hydrogens is 370 g/mol. The summed E-state index contributed by atoms with van der Waals surface area (Å²) in [4.78, 5) is 12.4. The van der Waals surface area contributed by atoms with Crippen molar-refractivity contribution in [1.82, 2.24) is 15.1 Å². The Hall–Kier alpha value is -1.82. The van der Waals surface area contributed by atoms with Crippen LogP contribution in [0.5, 0.6) is 5.75 Å². The summed E-state index contributed by atoms with van der Waals surface area (Å²) in [5, 5.41) is 7.74. The second kappa shape index (κ2) is 7.38. The van der Waals surface area contributed by atoms with E-state index in [0.29, 0.717) is 11.5 Å². The maximum Gasteiger partial charge on any atom is 0.251 e. The molecule has 6 heteroatoms. The Kier molecular flexibility index (Phi) is 5.23. The number of ether oxygens (including phenoxy) is 1. The van der Waals surface area contributed by atoms with Crippen LogP contribution in [0.3, 0.4) is 0 Å². The third-order valence-electron chi connectivity index (χ3n) is 4.56. The topological polar surface area (TPSA) is 56.1 Å². The van der Waals surface area contributed by atoms with E-state index >= 15 is 0 Å². The number of amides is 1. The van der Waals surface area contributed by atoms with Crippen molar-refractivity contribution in [2.24, 2.45) is 7.05 Å². The molecule has 2 atom stereocenters. The van der Waals surface area contributed by atoms with Crippen LogP contribution in [0.15, 0.2) is 34.9 Å². The Morgan fingerprint density at radius 3 is 2.71 bits per heavy atom. The fourth-order valence-electron chi connectivity index (χ4n) is 3.33. The molecule has 0 spiro atoms. The number of halogens is 1. The van der Waals surface area contributed by atoms with E-state index in [2.05, 4.69) is 26.3 Å². The Morgan fingerprint density at radius 1 is 1.33 bits per heavy atom. The zero-order valence-electron chi connectivity index (χ0n) is 14.0. The molecule has 0 radical (unpaired) electrons. The number of hydrogen-bond acceptors (Lipinski definition) is 3. The number of nitrogens with one attached hydrogen (secondary N) is 1. The summed E-state index contributed by atoms with van der Waals surface area (Å²) in [6.07, 6.45) is 6.14. The molecule has 1 N–H and O–H groups in total. The summed E-state index contributed by atoms with van der Waals surface area (Å²) in [6.45, 7) is 0. The molecule has 1 aromatic heterocycles. The third-order valence-corrected chi connectivity index (χ3v) is 5.17. The van der Waals surface area contributed by atoms with Crippen molar-refractivity contribution in [3.05, 3.63) is 46.2 Å². The van der Waals surface area contributed by atoms with Crippen molar-refractivity contribution in [1.29, 1.82) is 0 Å². The van der Waals surface area contributed by atoms with Crippen LogP contribution >= 0.6 is 15.9 Å². The van der Waals surface area contributed by atoms with Crippen LogP contribution in [0.4, 0.5) is 0 Å². The van der Waals surface area contributed by atoms with E-state index < -0.39 is 0 Å². The smallest absolute Gasteiger partial charge is 0.251 e. The summed E-state index contributed by atoms with van der Waals surface area (Å²) in [5.74, 6) is 1.11. The first-order valence-corrected chi connectivity index (χ1v) is 9.00. The van der Waals surface area contributed by atoms with Gasteiger partial charge in [0.15, 0.2) is 0 Å². The van der Waals surface area contributed by atoms with E-state index in [9.17, 15) is 4.79 Å². The van der Waals surface area contributed by atoms with Crippen LogP contribution < -0.4 is 10.1 Å². The van der Waals surface area contributed by atoms with Crippen LogP contribution in [0.25, 0.3) is 0 Å². The first kappa shape index (κ1) is 17.0. The van der Waals surface area contributed by atoms with Gasteiger partial charge in [-0.1, -0.05) is 6.42 Å². The minimum absolute atomic E-state index is 0.0246. The Bertz CT molecular complexity index is 712. The molecule has 1 aliphatic rings. The molecule has 24 heavy (non-hydrogen) atoms. The van der Waals surface area contributed by atoms with Gasteiger partial charge in [0.25, 0.3) is 5.91 Å². The maximum absolute atomic E-state index is 12.4. The Morgan fingerprint density at radius 2 is 2.08 bits per heavy atom. The van der Waals surface area contributed by atoms with E-state index in [1.54, 1.807) is 19.2 Å². The predicted molar refractivity (Wildman–Crippen MR) is 96.4 cm³/mol. The molecule has 3 rings (SSSR count). The molecule has 5 nitrogen and oxygen atoms in total. The highest BCUT2D eigenvalue weighted by atomic mass is 79.9. The number of aryl methyl sites for hydroxylation is 1. The molecule has 1 fully saturated rings. The van der Waals surface area contributed by atoms with Crippen molar-refractivity contribution in [2.45, 2.75) is 37.6 Å². The van der Waals surface area contributed by atoms with Gasteiger partial charge in [-0.25, -0.2) is 0 Å². The number of hydrogen-bond donors (Lipinski definition) is 1. The first-order valence-electron chi connectivity index (χ1n) is 8.20. The summed E-state index contributed by atoms with van der Waals surface area (Å²) in [5.41, 5.74) is 1.76. The standard InChI is InChI=1S/C18H22BrN3O2/c1-22-11-16(19)17(21-22)13-4-3-5-14(10-13)20-18(23)12-6-8-15(24-2)9-7-12/h6-9,11,13-14H,3-5,10H2,1-2H3,(H,20,23). The predicted octanol–water partition coefficient (Wildman–Crippen LogP) is 3.65. The number of methoxy groups -OCH3 is 1. The Balaban J connectivity index is 1.64. The number of nitrogens with zero attached hydrogens (tertiary/aromatic N) is 2. The van der Waals surface area contributed by atoms with Gasteiger partial charge in [0.2, 0.25) is 0 Å². The number of benzene rings is 1. The highest BCUT2D eigenvalue weighted by Gasteiger charge is 2.27. The fourth-order valence-corrected chi connectivity index (χ4v) is 4.03. The van der Waals surface area contributed by atoms with Crippen molar-refractivity contribution in [3.63, 3.8) is 0 Å². The van der Waals surface area contributed by atoms with E-state index in [0.717, 1.165) is 41.6 Å². The van der Waals surface area contributed by atoms with Gasteiger partial charge in [-0.05, 0) is 59.5 Å². The zero-order valence-corrected chi connectivity index (χ0v) is 15.5. The second-order valence-electron chi connectivity index (χ2n) is 6.30. The van der Waals surface area contributed by atoms with E-state index in [1.807, 2.05) is 30.1 Å². The average Bonchev–Trinajstić information content (AvgIpc) is 2.93. The third kappa shape index (κ3) is 3.80. The molecule has 1 aromatic carbocycles. The van der Waals surface area contributed by atoms with Gasteiger partial charge in [0.05, 0.1) is 17.3 Å². The van der Waals surface area contributed by atoms with Gasteiger partial charge in [-0.15, -0.1) is 0 Å². The molecule has 1 saturated carbocycles. The Labute approximate surface area is 150 Å². The summed E-state index contributed by atoms with van der Waals surface area (Å²) < 4.78 is 8.02. The fraction of sp³-hybridized carbons (Fsp3) is 0.444. The molecule has 1 heterocycles. The molecule has 2 aromatic rings. The molecule has 0 aliphatic heterocycles. The minimum atomic E-state index is -0.0246. The lowest BCUT2D eigenvalue weighted by Gasteiger charge is -2.29. The lowest BCUT2D eigenvalue weighted by molar-refractivity contribution is 0.0925. The molecular formula is C18H22BrN3O2. The monoisotopic (exact) mass is 391 g/mol. The van der Waals surface area contributed by atoms with Crippen LogP contribution in [-0.2, 0) is 7.05 Å². The summed E-state index contributed by atoms with van der Waals surface area (Å²) in [7, 11) is 3.55. The largest absolute Gasteiger partial charge is 0.497 e. The van der Waals surface area contributed by atoms with E-state index in [1.165, 1.54) is 0 Å². The van der Waals surface area contributed by atoms with Gasteiger partial charge in [-0.2, -0.15) is 5.10 Å². The van der Waals surface area contributed by atoms with Crippen LogP contribution in [0.2, 0.25) is 0 Å². The molecule has 1 amide bonds. The average molecular weight is 392 g/mol. The quantitative estimate of drug-likeness (QED) is 0.864. The van der Waals surface area contributed by atoms with Gasteiger partial charge < -0.3 is 10.1 Å². The number of carbonyl (C=O) groups is 1. The number of carbonyl (C=O) groups excluding carboxylic acids is 1. The molecule has 1 aliphatic carbocycles. The number of rotatable bonds is 4. The maximum atomic E-state index is 12.4. The van der Waals surface area contributed by atoms with Gasteiger partial charge >= 0.3 is 0 Å². The van der Waals surface area contributed by atoms with Gasteiger partial charge in [-0.3, -0.25) is 9.48 Å². The minimum Gasteiger partial charge on any atom is -0.497 e. The molecule has 128 valence electrons. The van der Waals surface area contributed by atoms with Gasteiger partial charge in [0.1, 0.15) is 5.75 Å². The van der Waals surface area contributed by atoms with Crippen molar-refractivity contribution >= 4 is 21.8 Å². The second-order valence-corrected chi connectivity index (χ2v) is 7.15. The van der Waals surface area contributed by atoms with Crippen LogP contribution in [-0.4, -0.2) is 28.8 Å². The highest BCUT2D eigenvalue weighted by molar-refractivity contribution is 9.10. The molecule has 0 bridgehead atoms. The summed E-state index contributed by atoms with van der Waals surface area (Å²) in [6, 6.07) is 7.40. The van der Waals surface area contributed by atoms with E-state index in [4.69, 9.17) is 4.74 Å². The van der Waals surface area contributed by atoms with Crippen LogP contribution in [0, 0.1) is 0 Å². The van der Waals surface area contributed by atoms with Crippen LogP contribution in [0.1, 0.15) is 47.7 Å².